The van der Waals surface area contributed by atoms with Gasteiger partial charge in [-0.2, -0.15) is 0 Å². The van der Waals surface area contributed by atoms with Crippen LogP contribution >= 0.6 is 0 Å². The molecule has 4 nitrogen and oxygen atoms in total. The SMILES string of the molecule is c1ccc(O[SiH](Oc2ccccc2)Oc2cccc(CCC3CCC4OC4C3)c2)cc1. The molecule has 0 radical (unpaired) electrons. The van der Waals surface area contributed by atoms with E-state index in [0.29, 0.717) is 12.2 Å². The van der Waals surface area contributed by atoms with Crippen LogP contribution in [0, 0.1) is 5.92 Å². The Hall–Kier alpha value is -2.76. The molecule has 5 rings (SSSR count). The minimum atomic E-state index is -2.50. The first-order chi connectivity index (χ1) is 15.3. The maximum Gasteiger partial charge on any atom is 0.683 e. The van der Waals surface area contributed by atoms with Crippen molar-refractivity contribution < 1.29 is 18.0 Å². The quantitative estimate of drug-likeness (QED) is 0.333. The third-order valence-electron chi connectivity index (χ3n) is 6.04. The second kappa shape index (κ2) is 9.58. The van der Waals surface area contributed by atoms with Crippen molar-refractivity contribution >= 4 is 9.53 Å². The first-order valence-corrected chi connectivity index (χ1v) is 12.6. The molecule has 31 heavy (non-hydrogen) atoms. The van der Waals surface area contributed by atoms with Gasteiger partial charge in [-0.3, -0.25) is 0 Å². The first kappa shape index (κ1) is 20.2. The fourth-order valence-electron chi connectivity index (χ4n) is 4.30. The number of aryl methyl sites for hydroxylation is 1. The number of hydrogen-bond acceptors (Lipinski definition) is 4. The van der Waals surface area contributed by atoms with E-state index in [9.17, 15) is 0 Å². The van der Waals surface area contributed by atoms with E-state index in [1.807, 2.05) is 66.7 Å². The van der Waals surface area contributed by atoms with Crippen molar-refractivity contribution in [3.63, 3.8) is 0 Å². The maximum atomic E-state index is 6.25. The number of ether oxygens (including phenoxy) is 1. The molecule has 3 unspecified atom stereocenters. The highest BCUT2D eigenvalue weighted by Crippen LogP contribution is 2.41. The number of rotatable bonds is 9. The highest BCUT2D eigenvalue weighted by Gasteiger charge is 2.43. The fraction of sp³-hybridized carbons (Fsp3) is 0.308. The van der Waals surface area contributed by atoms with Crippen LogP contribution in [0.2, 0.25) is 0 Å². The molecule has 3 aromatic rings. The van der Waals surface area contributed by atoms with E-state index in [2.05, 4.69) is 18.2 Å². The molecule has 0 bridgehead atoms. The Bertz CT molecular complexity index is 924. The van der Waals surface area contributed by atoms with E-state index < -0.39 is 9.53 Å². The monoisotopic (exact) mass is 432 g/mol. The number of benzene rings is 3. The zero-order chi connectivity index (χ0) is 20.9. The molecule has 2 aliphatic rings. The summed E-state index contributed by atoms with van der Waals surface area (Å²) in [6.07, 6.45) is 7.14. The predicted octanol–water partition coefficient (Wildman–Crippen LogP) is 5.44. The molecule has 5 heteroatoms. The highest BCUT2D eigenvalue weighted by atomic mass is 28.3. The summed E-state index contributed by atoms with van der Waals surface area (Å²) in [6, 6.07) is 27.8. The number of hydrogen-bond donors (Lipinski definition) is 0. The smallest absolute Gasteiger partial charge is 0.486 e. The van der Waals surface area contributed by atoms with Crippen LogP contribution < -0.4 is 13.3 Å². The molecule has 160 valence electrons. The number of fused-ring (bicyclic) bond motifs is 1. The molecule has 1 saturated carbocycles. The van der Waals surface area contributed by atoms with Crippen molar-refractivity contribution in [3.8, 4) is 17.2 Å². The Morgan fingerprint density at radius 2 is 1.35 bits per heavy atom. The second-order valence-corrected chi connectivity index (χ2v) is 9.63. The first-order valence-electron chi connectivity index (χ1n) is 11.2. The molecule has 2 fully saturated rings. The van der Waals surface area contributed by atoms with Gasteiger partial charge in [-0.25, -0.2) is 0 Å². The molecule has 1 aliphatic carbocycles. The van der Waals surface area contributed by atoms with Gasteiger partial charge in [0.2, 0.25) is 0 Å². The summed E-state index contributed by atoms with van der Waals surface area (Å²) in [7, 11) is -2.50. The Labute approximate surface area is 185 Å². The molecular formula is C26H28O4Si. The van der Waals surface area contributed by atoms with E-state index in [1.165, 1.54) is 31.2 Å². The third kappa shape index (κ3) is 5.69. The van der Waals surface area contributed by atoms with Crippen molar-refractivity contribution in [2.75, 3.05) is 0 Å². The van der Waals surface area contributed by atoms with Crippen LogP contribution in [-0.4, -0.2) is 21.7 Å². The van der Waals surface area contributed by atoms with Crippen LogP contribution in [0.3, 0.4) is 0 Å². The zero-order valence-electron chi connectivity index (χ0n) is 17.6. The minimum Gasteiger partial charge on any atom is -0.486 e. The van der Waals surface area contributed by atoms with Crippen molar-refractivity contribution in [2.24, 2.45) is 5.92 Å². The highest BCUT2D eigenvalue weighted by molar-refractivity contribution is 6.39. The van der Waals surface area contributed by atoms with Gasteiger partial charge in [-0.05, 0) is 80.0 Å². The van der Waals surface area contributed by atoms with Gasteiger partial charge in [0.1, 0.15) is 17.2 Å². The summed E-state index contributed by atoms with van der Waals surface area (Å²) >= 11 is 0. The average Bonchev–Trinajstić information content (AvgIpc) is 3.58. The topological polar surface area (TPSA) is 40.2 Å². The molecule has 0 N–H and O–H groups in total. The molecule has 3 atom stereocenters. The molecule has 0 amide bonds. The van der Waals surface area contributed by atoms with Crippen LogP contribution in [0.5, 0.6) is 17.2 Å². The maximum absolute atomic E-state index is 6.25. The van der Waals surface area contributed by atoms with Crippen LogP contribution in [0.25, 0.3) is 0 Å². The third-order valence-corrected chi connectivity index (χ3v) is 7.43. The Balaban J connectivity index is 1.23. The average molecular weight is 433 g/mol. The lowest BCUT2D eigenvalue weighted by atomic mass is 9.85. The summed E-state index contributed by atoms with van der Waals surface area (Å²) in [5, 5.41) is 0. The zero-order valence-corrected chi connectivity index (χ0v) is 18.7. The lowest BCUT2D eigenvalue weighted by Crippen LogP contribution is -2.37. The van der Waals surface area contributed by atoms with Crippen molar-refractivity contribution in [1.29, 1.82) is 0 Å². The van der Waals surface area contributed by atoms with E-state index in [-0.39, 0.29) is 0 Å². The van der Waals surface area contributed by atoms with Gasteiger partial charge < -0.3 is 18.0 Å². The molecule has 1 saturated heterocycles. The minimum absolute atomic E-state index is 0.547. The Morgan fingerprint density at radius 1 is 0.710 bits per heavy atom. The standard InChI is InChI=1S/C26H28O4Si/c1-3-9-22(10-4-1)28-31(29-23-11-5-2-6-12-23)30-24-13-7-8-20(18-24)14-15-21-16-17-25-26(19-21)27-25/h1-13,18,21,25-26,31H,14-17,19H2. The molecule has 3 aromatic carbocycles. The number of epoxide rings is 1. The van der Waals surface area contributed by atoms with E-state index in [0.717, 1.165) is 29.6 Å². The van der Waals surface area contributed by atoms with Gasteiger partial charge in [0, 0.05) is 0 Å². The molecular weight excluding hydrogens is 404 g/mol. The second-order valence-electron chi connectivity index (χ2n) is 8.35. The van der Waals surface area contributed by atoms with Crippen molar-refractivity contribution in [1.82, 2.24) is 0 Å². The van der Waals surface area contributed by atoms with Crippen molar-refractivity contribution in [2.45, 2.75) is 44.3 Å². The normalized spacial score (nSPS) is 21.9. The summed E-state index contributed by atoms with van der Waals surface area (Å²) in [5.74, 6) is 3.09. The predicted molar refractivity (Wildman–Crippen MR) is 123 cm³/mol. The van der Waals surface area contributed by atoms with Crippen LogP contribution in [0.1, 0.15) is 31.2 Å². The number of para-hydroxylation sites is 2. The van der Waals surface area contributed by atoms with Gasteiger partial charge in [-0.15, -0.1) is 0 Å². The van der Waals surface area contributed by atoms with Crippen molar-refractivity contribution in [3.05, 3.63) is 90.5 Å². The van der Waals surface area contributed by atoms with E-state index in [1.54, 1.807) is 0 Å². The molecule has 1 aliphatic heterocycles. The molecule has 1 heterocycles. The van der Waals surface area contributed by atoms with Crippen LogP contribution in [0.15, 0.2) is 84.9 Å². The fourth-order valence-corrected chi connectivity index (χ4v) is 5.57. The summed E-state index contributed by atoms with van der Waals surface area (Å²) < 4.78 is 24.2. The lowest BCUT2D eigenvalue weighted by Gasteiger charge is -2.20. The summed E-state index contributed by atoms with van der Waals surface area (Å²) in [6.45, 7) is 0. The van der Waals surface area contributed by atoms with E-state index in [4.69, 9.17) is 18.0 Å². The van der Waals surface area contributed by atoms with Crippen LogP contribution in [0.4, 0.5) is 0 Å². The van der Waals surface area contributed by atoms with Gasteiger partial charge in [-0.1, -0.05) is 48.5 Å². The lowest BCUT2D eigenvalue weighted by molar-refractivity contribution is 0.307. The van der Waals surface area contributed by atoms with Gasteiger partial charge >= 0.3 is 9.53 Å². The Kier molecular flexibility index (Phi) is 6.23. The molecule has 0 aromatic heterocycles. The summed E-state index contributed by atoms with van der Waals surface area (Å²) in [4.78, 5) is 0. The largest absolute Gasteiger partial charge is 0.683 e. The Morgan fingerprint density at radius 3 is 2.03 bits per heavy atom. The van der Waals surface area contributed by atoms with Gasteiger partial charge in [0.15, 0.2) is 0 Å². The van der Waals surface area contributed by atoms with Crippen LogP contribution in [-0.2, 0) is 11.2 Å². The van der Waals surface area contributed by atoms with Gasteiger partial charge in [0.25, 0.3) is 0 Å². The molecule has 0 spiro atoms. The summed E-state index contributed by atoms with van der Waals surface area (Å²) in [5.41, 5.74) is 1.29. The van der Waals surface area contributed by atoms with Gasteiger partial charge in [0.05, 0.1) is 12.2 Å². The van der Waals surface area contributed by atoms with E-state index >= 15 is 0 Å².